The Hall–Kier alpha value is -3.90. The van der Waals surface area contributed by atoms with Crippen LogP contribution in [-0.4, -0.2) is 94.1 Å². The number of hydrogen-bond acceptors (Lipinski definition) is 9. The summed E-state index contributed by atoms with van der Waals surface area (Å²) in [6.45, 7) is 5.97. The van der Waals surface area contributed by atoms with Crippen LogP contribution in [0.5, 0.6) is 0 Å². The summed E-state index contributed by atoms with van der Waals surface area (Å²) in [6.07, 6.45) is -7.45. The molecule has 3 aliphatic heterocycles. The van der Waals surface area contributed by atoms with Crippen LogP contribution < -0.4 is 16.3 Å². The molecule has 0 aliphatic carbocycles. The number of nitrogens with two attached hydrogens (primary N) is 1. The van der Waals surface area contributed by atoms with Gasteiger partial charge in [-0.3, -0.25) is 19.1 Å². The molecule has 0 bridgehead atoms. The van der Waals surface area contributed by atoms with Gasteiger partial charge in [0.05, 0.1) is 28.1 Å². The van der Waals surface area contributed by atoms with E-state index in [0.717, 1.165) is 35.4 Å². The molecule has 2 amide bonds. The molecule has 49 heavy (non-hydrogen) atoms. The van der Waals surface area contributed by atoms with Gasteiger partial charge in [0.25, 0.3) is 5.91 Å². The van der Waals surface area contributed by atoms with Gasteiger partial charge in [-0.2, -0.15) is 31.3 Å². The Morgan fingerprint density at radius 2 is 1.80 bits per heavy atom. The highest BCUT2D eigenvalue weighted by Gasteiger charge is 2.49. The first-order chi connectivity index (χ1) is 22.9. The van der Waals surface area contributed by atoms with Crippen molar-refractivity contribution in [3.63, 3.8) is 0 Å². The second kappa shape index (κ2) is 12.2. The van der Waals surface area contributed by atoms with Gasteiger partial charge in [-0.05, 0) is 26.0 Å². The zero-order valence-electron chi connectivity index (χ0n) is 26.2. The fourth-order valence-corrected chi connectivity index (χ4v) is 9.75. The zero-order chi connectivity index (χ0) is 35.8. The smallest absolute Gasteiger partial charge is 0.366 e. The summed E-state index contributed by atoms with van der Waals surface area (Å²) in [4.78, 5) is 48.0. The molecule has 10 nitrogen and oxygen atoms in total. The Bertz CT molecular complexity index is 1940. The van der Waals surface area contributed by atoms with Crippen molar-refractivity contribution in [1.82, 2.24) is 19.4 Å². The minimum Gasteiger partial charge on any atom is -0.366 e. The fourth-order valence-electron chi connectivity index (χ4n) is 7.43. The summed E-state index contributed by atoms with van der Waals surface area (Å²) >= 11 is 1.85. The van der Waals surface area contributed by atoms with E-state index in [1.54, 1.807) is 23.6 Å². The van der Waals surface area contributed by atoms with Crippen molar-refractivity contribution >= 4 is 57.8 Å². The number of anilines is 1. The van der Waals surface area contributed by atoms with Crippen molar-refractivity contribution in [1.29, 1.82) is 5.41 Å². The zero-order valence-corrected chi connectivity index (χ0v) is 27.9. The highest BCUT2D eigenvalue weighted by molar-refractivity contribution is 7.99. The van der Waals surface area contributed by atoms with Crippen LogP contribution in [-0.2, 0) is 17.5 Å². The first-order valence-electron chi connectivity index (χ1n) is 15.1. The van der Waals surface area contributed by atoms with E-state index in [2.05, 4.69) is 11.6 Å². The number of piperazine rings is 1. The summed E-state index contributed by atoms with van der Waals surface area (Å²) < 4.78 is 86.4. The number of alkyl halides is 6. The van der Waals surface area contributed by atoms with Crippen molar-refractivity contribution in [3.8, 4) is 11.1 Å². The van der Waals surface area contributed by atoms with E-state index in [-0.39, 0.29) is 82.0 Å². The maximum atomic E-state index is 15.2. The number of carbonyl (C=O) groups excluding carboxylic acids is 2. The number of rotatable bonds is 6. The molecule has 2 saturated heterocycles. The number of primary amides is 1. The summed E-state index contributed by atoms with van der Waals surface area (Å²) in [6, 6.07) is 0.0340. The molecule has 1 spiro atoms. The molecule has 5 heterocycles. The number of likely N-dealkylation sites (tertiary alicyclic amines) is 1. The van der Waals surface area contributed by atoms with Gasteiger partial charge in [0.1, 0.15) is 5.82 Å². The van der Waals surface area contributed by atoms with Gasteiger partial charge in [0, 0.05) is 89.0 Å². The third kappa shape index (κ3) is 6.11. The van der Waals surface area contributed by atoms with Crippen molar-refractivity contribution < 1.29 is 35.9 Å². The molecule has 0 unspecified atom stereocenters. The van der Waals surface area contributed by atoms with E-state index in [1.807, 2.05) is 0 Å². The first kappa shape index (κ1) is 34.9. The number of halogens is 6. The van der Waals surface area contributed by atoms with Crippen LogP contribution in [0.4, 0.5) is 32.2 Å². The summed E-state index contributed by atoms with van der Waals surface area (Å²) in [5, 5.41) is 9.04. The Balaban J connectivity index is 1.62. The van der Waals surface area contributed by atoms with Gasteiger partial charge in [0.2, 0.25) is 5.91 Å². The van der Waals surface area contributed by atoms with Crippen molar-refractivity contribution in [3.05, 3.63) is 50.6 Å². The summed E-state index contributed by atoms with van der Waals surface area (Å²) in [7, 11) is 0. The van der Waals surface area contributed by atoms with E-state index in [4.69, 9.17) is 11.1 Å². The van der Waals surface area contributed by atoms with Gasteiger partial charge in [-0.25, -0.2) is 4.79 Å². The Morgan fingerprint density at radius 3 is 2.35 bits per heavy atom. The van der Waals surface area contributed by atoms with Gasteiger partial charge in [-0.15, -0.1) is 23.1 Å². The maximum Gasteiger partial charge on any atom is 0.417 e. The van der Waals surface area contributed by atoms with Crippen molar-refractivity contribution in [2.24, 2.45) is 11.1 Å². The Morgan fingerprint density at radius 1 is 1.14 bits per heavy atom. The molecule has 2 fully saturated rings. The molecule has 262 valence electrons. The number of aromatic nitrogens is 2. The molecule has 2 atom stereocenters. The molecule has 1 aromatic carbocycles. The largest absolute Gasteiger partial charge is 0.417 e. The third-order valence-electron chi connectivity index (χ3n) is 9.15. The second-order valence-corrected chi connectivity index (χ2v) is 14.7. The van der Waals surface area contributed by atoms with E-state index in [9.17, 15) is 27.6 Å². The number of thiophene rings is 1. The number of amides is 2. The summed E-state index contributed by atoms with van der Waals surface area (Å²) in [5.41, 5.74) is 2.08. The van der Waals surface area contributed by atoms with Crippen LogP contribution in [0.1, 0.15) is 34.6 Å². The maximum absolute atomic E-state index is 15.2. The Labute approximate surface area is 284 Å². The highest BCUT2D eigenvalue weighted by Crippen LogP contribution is 2.52. The monoisotopic (exact) mass is 727 g/mol. The van der Waals surface area contributed by atoms with Crippen LogP contribution in [0.25, 0.3) is 22.0 Å². The van der Waals surface area contributed by atoms with Crippen LogP contribution >= 0.6 is 23.1 Å². The molecule has 2 aromatic heterocycles. The second-order valence-electron chi connectivity index (χ2n) is 12.8. The molecule has 18 heteroatoms. The number of thioether (sulfide) groups is 1. The lowest BCUT2D eigenvalue weighted by molar-refractivity contribution is -0.168. The van der Waals surface area contributed by atoms with E-state index < -0.39 is 59.1 Å². The molecular formula is C31H31F6N7O3S2. The van der Waals surface area contributed by atoms with Crippen LogP contribution in [0.2, 0.25) is 0 Å². The first-order valence-corrected chi connectivity index (χ1v) is 17.0. The lowest BCUT2D eigenvalue weighted by atomic mass is 9.81. The van der Waals surface area contributed by atoms with Crippen LogP contribution in [0.15, 0.2) is 33.8 Å². The highest BCUT2D eigenvalue weighted by atomic mass is 32.2. The minimum absolute atomic E-state index is 0.00674. The normalized spacial score (nSPS) is 21.1. The average Bonchev–Trinajstić information content (AvgIpc) is 3.33. The molecule has 3 aromatic rings. The Kier molecular flexibility index (Phi) is 8.67. The molecule has 0 saturated carbocycles. The van der Waals surface area contributed by atoms with Gasteiger partial charge in [0.15, 0.2) is 0 Å². The van der Waals surface area contributed by atoms with Gasteiger partial charge in [-0.1, -0.05) is 6.58 Å². The summed E-state index contributed by atoms with van der Waals surface area (Å²) in [5.74, 6) is -1.32. The number of hydrogen-bond donors (Lipinski definition) is 2. The van der Waals surface area contributed by atoms with Gasteiger partial charge >= 0.3 is 18.0 Å². The minimum atomic E-state index is -4.99. The third-order valence-corrected chi connectivity index (χ3v) is 11.5. The predicted octanol–water partition coefficient (Wildman–Crippen LogP) is 4.82. The van der Waals surface area contributed by atoms with E-state index in [1.165, 1.54) is 20.9 Å². The SMILES string of the molecule is C=CC(=O)N1[C@H](C)CN(c2nc(=O)n3c4c(c(-c5csc(C=N)c5C(N)=O)c(C(F)(F)F)cc24)SCC2(CN(CC(F)(F)F)C2)C3)C[C@@H]1C. The number of benzene rings is 1. The topological polar surface area (TPSA) is 129 Å². The van der Waals surface area contributed by atoms with Crippen LogP contribution in [0.3, 0.4) is 0 Å². The molecule has 6 rings (SSSR count). The predicted molar refractivity (Wildman–Crippen MR) is 175 cm³/mol. The molecular weight excluding hydrogens is 697 g/mol. The number of nitrogens with one attached hydrogen (secondary N) is 1. The lowest BCUT2D eigenvalue weighted by Gasteiger charge is -2.50. The molecule has 0 radical (unpaired) electrons. The average molecular weight is 728 g/mol. The van der Waals surface area contributed by atoms with E-state index >= 15 is 13.2 Å². The fraction of sp³-hybridized carbons (Fsp3) is 0.452. The van der Waals surface area contributed by atoms with Crippen molar-refractivity contribution in [2.75, 3.05) is 43.4 Å². The number of nitrogens with zero attached hydrogens (tertiary/aromatic N) is 5. The number of carbonyl (C=O) groups is 2. The van der Waals surface area contributed by atoms with Gasteiger partial charge < -0.3 is 20.9 Å². The molecule has 3 N–H and O–H groups in total. The lowest BCUT2D eigenvalue weighted by Crippen LogP contribution is -2.61. The standard InChI is InChI=1S/C31H31F6N7O3S2/c1-4-21(45)44-15(2)7-42(8-16(44)3)27-17-5-19(31(35,36)37)22(18-9-48-20(6-38)23(18)26(39)46)25-24(17)43(28(47)40-27)12-29(14-49-25)10-41(11-29)13-30(32,33)34/h4-6,9,15-16,38H,1,7-8,10-14H2,2-3H3,(H2,39,46)/t15-,16+. The quantitative estimate of drug-likeness (QED) is 0.212. The van der Waals surface area contributed by atoms with Crippen LogP contribution in [0, 0.1) is 10.8 Å². The van der Waals surface area contributed by atoms with E-state index in [0.29, 0.717) is 0 Å². The molecule has 3 aliphatic rings. The van der Waals surface area contributed by atoms with Crippen molar-refractivity contribution in [2.45, 2.75) is 49.7 Å².